The van der Waals surface area contributed by atoms with Crippen molar-refractivity contribution in [2.24, 2.45) is 17.8 Å². The Balaban J connectivity index is 1.61. The van der Waals surface area contributed by atoms with Gasteiger partial charge in [-0.3, -0.25) is 0 Å². The quantitative estimate of drug-likeness (QED) is 0.561. The number of allylic oxidation sites excluding steroid dienone is 5. The van der Waals surface area contributed by atoms with E-state index in [1.54, 1.807) is 11.1 Å². The first-order chi connectivity index (χ1) is 13.2. The van der Waals surface area contributed by atoms with Crippen molar-refractivity contribution in [3.8, 4) is 0 Å². The summed E-state index contributed by atoms with van der Waals surface area (Å²) < 4.78 is 0. The lowest BCUT2D eigenvalue weighted by atomic mass is 9.84. The average Bonchev–Trinajstić information content (AvgIpc) is 3.29. The summed E-state index contributed by atoms with van der Waals surface area (Å²) in [4.78, 5) is 0. The van der Waals surface area contributed by atoms with Gasteiger partial charge in [0.25, 0.3) is 0 Å². The SMILES string of the molecule is CC(C)C1=C(c2ccccc2C2CC3C=CC=CC3C2)c2ccccc2C1. The van der Waals surface area contributed by atoms with Gasteiger partial charge in [0.15, 0.2) is 0 Å². The summed E-state index contributed by atoms with van der Waals surface area (Å²) in [6.07, 6.45) is 13.0. The van der Waals surface area contributed by atoms with E-state index in [9.17, 15) is 0 Å². The molecule has 3 aliphatic carbocycles. The molecule has 0 radical (unpaired) electrons. The minimum Gasteiger partial charge on any atom is -0.0808 e. The summed E-state index contributed by atoms with van der Waals surface area (Å²) in [5.74, 6) is 2.69. The van der Waals surface area contributed by atoms with Crippen molar-refractivity contribution in [2.45, 2.75) is 39.0 Å². The molecule has 0 aliphatic heterocycles. The van der Waals surface area contributed by atoms with Crippen molar-refractivity contribution >= 4 is 5.57 Å². The Morgan fingerprint density at radius 1 is 0.778 bits per heavy atom. The summed E-state index contributed by atoms with van der Waals surface area (Å²) >= 11 is 0. The lowest BCUT2D eigenvalue weighted by Gasteiger charge is -2.20. The van der Waals surface area contributed by atoms with E-state index < -0.39 is 0 Å². The summed E-state index contributed by atoms with van der Waals surface area (Å²) in [5.41, 5.74) is 9.15. The van der Waals surface area contributed by atoms with Gasteiger partial charge in [0.1, 0.15) is 0 Å². The first-order valence-corrected chi connectivity index (χ1v) is 10.5. The summed E-state index contributed by atoms with van der Waals surface area (Å²) in [7, 11) is 0. The maximum Gasteiger partial charge on any atom is -0.00489 e. The smallest absolute Gasteiger partial charge is 0.00489 e. The van der Waals surface area contributed by atoms with E-state index in [1.807, 2.05) is 0 Å². The fourth-order valence-electron chi connectivity index (χ4n) is 5.49. The molecule has 2 atom stereocenters. The van der Waals surface area contributed by atoms with E-state index in [-0.39, 0.29) is 0 Å². The van der Waals surface area contributed by atoms with Crippen LogP contribution < -0.4 is 0 Å². The first kappa shape index (κ1) is 16.8. The summed E-state index contributed by atoms with van der Waals surface area (Å²) in [6.45, 7) is 4.70. The maximum atomic E-state index is 2.43. The molecule has 3 aliphatic rings. The first-order valence-electron chi connectivity index (χ1n) is 10.5. The lowest BCUT2D eigenvalue weighted by molar-refractivity contribution is 0.552. The van der Waals surface area contributed by atoms with Gasteiger partial charge in [-0.15, -0.1) is 0 Å². The summed E-state index contributed by atoms with van der Waals surface area (Å²) in [5, 5.41) is 0. The molecule has 2 aromatic carbocycles. The molecule has 136 valence electrons. The largest absolute Gasteiger partial charge is 0.0808 e. The minimum absolute atomic E-state index is 0.581. The van der Waals surface area contributed by atoms with Crippen LogP contribution in [0.5, 0.6) is 0 Å². The molecule has 0 nitrogen and oxygen atoms in total. The number of rotatable bonds is 3. The molecule has 27 heavy (non-hydrogen) atoms. The highest BCUT2D eigenvalue weighted by atomic mass is 14.4. The fourth-order valence-corrected chi connectivity index (χ4v) is 5.49. The van der Waals surface area contributed by atoms with Gasteiger partial charge in [-0.1, -0.05) is 92.3 Å². The van der Waals surface area contributed by atoms with Gasteiger partial charge in [0.2, 0.25) is 0 Å². The van der Waals surface area contributed by atoms with Crippen molar-refractivity contribution in [2.75, 3.05) is 0 Å². The van der Waals surface area contributed by atoms with Crippen LogP contribution in [0, 0.1) is 17.8 Å². The van der Waals surface area contributed by atoms with Crippen LogP contribution in [-0.2, 0) is 6.42 Å². The molecule has 0 bridgehead atoms. The van der Waals surface area contributed by atoms with Crippen LogP contribution in [0.1, 0.15) is 54.9 Å². The Morgan fingerprint density at radius 2 is 1.41 bits per heavy atom. The predicted molar refractivity (Wildman–Crippen MR) is 115 cm³/mol. The molecule has 1 saturated carbocycles. The molecule has 2 aromatic rings. The Hall–Kier alpha value is -2.34. The molecule has 0 N–H and O–H groups in total. The zero-order valence-electron chi connectivity index (χ0n) is 16.4. The van der Waals surface area contributed by atoms with Crippen LogP contribution in [-0.4, -0.2) is 0 Å². The molecule has 0 amide bonds. The number of fused-ring (bicyclic) bond motifs is 2. The van der Waals surface area contributed by atoms with E-state index in [0.29, 0.717) is 11.8 Å². The molecule has 5 rings (SSSR count). The van der Waals surface area contributed by atoms with Crippen molar-refractivity contribution in [1.29, 1.82) is 0 Å². The standard InChI is InChI=1S/C27H28/c1-18(2)26-17-21-11-5-6-13-24(21)27(26)25-14-8-7-12-23(25)22-15-19-9-3-4-10-20(19)16-22/h3-14,18-20,22H,15-17H2,1-2H3. The fraction of sp³-hybridized carbons (Fsp3) is 0.333. The highest BCUT2D eigenvalue weighted by Crippen LogP contribution is 2.49. The highest BCUT2D eigenvalue weighted by molar-refractivity contribution is 5.89. The van der Waals surface area contributed by atoms with Crippen LogP contribution in [0.15, 0.2) is 78.4 Å². The molecular formula is C27H28. The molecule has 0 aromatic heterocycles. The Bertz CT molecular complexity index is 934. The Labute approximate surface area is 163 Å². The van der Waals surface area contributed by atoms with Crippen LogP contribution in [0.3, 0.4) is 0 Å². The van der Waals surface area contributed by atoms with E-state index >= 15 is 0 Å². The Morgan fingerprint density at radius 3 is 2.11 bits per heavy atom. The third-order valence-corrected chi connectivity index (χ3v) is 6.85. The molecule has 2 unspecified atom stereocenters. The zero-order chi connectivity index (χ0) is 18.4. The topological polar surface area (TPSA) is 0 Å². The van der Waals surface area contributed by atoms with Crippen molar-refractivity contribution < 1.29 is 0 Å². The van der Waals surface area contributed by atoms with Gasteiger partial charge >= 0.3 is 0 Å². The lowest BCUT2D eigenvalue weighted by Crippen LogP contribution is -2.03. The Kier molecular flexibility index (Phi) is 4.16. The molecule has 0 heteroatoms. The maximum absolute atomic E-state index is 2.43. The molecule has 0 spiro atoms. The second kappa shape index (κ2) is 6.68. The predicted octanol–water partition coefficient (Wildman–Crippen LogP) is 6.94. The third kappa shape index (κ3) is 2.83. The van der Waals surface area contributed by atoms with Crippen LogP contribution in [0.4, 0.5) is 0 Å². The van der Waals surface area contributed by atoms with Gasteiger partial charge in [-0.05, 0) is 70.8 Å². The number of benzene rings is 2. The van der Waals surface area contributed by atoms with Gasteiger partial charge in [0, 0.05) is 0 Å². The van der Waals surface area contributed by atoms with Crippen molar-refractivity contribution in [3.63, 3.8) is 0 Å². The summed E-state index contributed by atoms with van der Waals surface area (Å²) in [6, 6.07) is 18.3. The molecular weight excluding hydrogens is 324 g/mol. The molecule has 0 heterocycles. The van der Waals surface area contributed by atoms with Crippen molar-refractivity contribution in [3.05, 3.63) is 101 Å². The van der Waals surface area contributed by atoms with Gasteiger partial charge in [-0.2, -0.15) is 0 Å². The normalized spacial score (nSPS) is 26.0. The van der Waals surface area contributed by atoms with Crippen LogP contribution >= 0.6 is 0 Å². The van der Waals surface area contributed by atoms with E-state index in [2.05, 4.69) is 86.7 Å². The van der Waals surface area contributed by atoms with Crippen molar-refractivity contribution in [1.82, 2.24) is 0 Å². The van der Waals surface area contributed by atoms with Crippen LogP contribution in [0.25, 0.3) is 5.57 Å². The minimum atomic E-state index is 0.581. The second-order valence-corrected chi connectivity index (χ2v) is 8.74. The van der Waals surface area contributed by atoms with Gasteiger partial charge < -0.3 is 0 Å². The average molecular weight is 353 g/mol. The molecule has 1 fully saturated rings. The van der Waals surface area contributed by atoms with Crippen LogP contribution in [0.2, 0.25) is 0 Å². The highest BCUT2D eigenvalue weighted by Gasteiger charge is 2.35. The van der Waals surface area contributed by atoms with Gasteiger partial charge in [-0.25, -0.2) is 0 Å². The second-order valence-electron chi connectivity index (χ2n) is 8.74. The van der Waals surface area contributed by atoms with E-state index in [0.717, 1.165) is 18.3 Å². The van der Waals surface area contributed by atoms with Gasteiger partial charge in [0.05, 0.1) is 0 Å². The van der Waals surface area contributed by atoms with E-state index in [4.69, 9.17) is 0 Å². The number of hydrogen-bond donors (Lipinski definition) is 0. The molecule has 0 saturated heterocycles. The zero-order valence-corrected chi connectivity index (χ0v) is 16.4. The monoisotopic (exact) mass is 352 g/mol. The third-order valence-electron chi connectivity index (χ3n) is 6.85. The number of hydrogen-bond acceptors (Lipinski definition) is 0. The van der Waals surface area contributed by atoms with E-state index in [1.165, 1.54) is 35.1 Å².